The van der Waals surface area contributed by atoms with Gasteiger partial charge < -0.3 is 4.74 Å². The Morgan fingerprint density at radius 1 is 1.26 bits per heavy atom. The number of pyridine rings is 1. The Morgan fingerprint density at radius 3 is 2.83 bits per heavy atom. The van der Waals surface area contributed by atoms with E-state index in [1.807, 2.05) is 12.4 Å². The van der Waals surface area contributed by atoms with E-state index in [1.54, 1.807) is 7.11 Å². The Morgan fingerprint density at radius 2 is 2.09 bits per heavy atom. The van der Waals surface area contributed by atoms with Crippen molar-refractivity contribution in [1.29, 1.82) is 0 Å². The monoisotopic (exact) mass is 312 g/mol. The Bertz CT molecular complexity index is 650. The highest BCUT2D eigenvalue weighted by Gasteiger charge is 2.29. The average Bonchev–Trinajstić information content (AvgIpc) is 3.26. The van der Waals surface area contributed by atoms with Gasteiger partial charge in [-0.2, -0.15) is 5.10 Å². The summed E-state index contributed by atoms with van der Waals surface area (Å²) >= 11 is 0. The lowest BCUT2D eigenvalue weighted by molar-refractivity contribution is 0.135. The summed E-state index contributed by atoms with van der Waals surface area (Å²) in [5.74, 6) is 1.27. The Labute approximate surface area is 137 Å². The average molecular weight is 312 g/mol. The van der Waals surface area contributed by atoms with E-state index >= 15 is 0 Å². The topological polar surface area (TPSA) is 43.2 Å². The molecule has 2 aromatic heterocycles. The van der Waals surface area contributed by atoms with Gasteiger partial charge in [-0.1, -0.05) is 0 Å². The highest BCUT2D eigenvalue weighted by atomic mass is 16.5. The fourth-order valence-electron chi connectivity index (χ4n) is 3.50. The molecule has 0 N–H and O–H groups in total. The molecule has 1 atom stereocenters. The molecule has 0 bridgehead atoms. The van der Waals surface area contributed by atoms with Crippen molar-refractivity contribution >= 4 is 0 Å². The fraction of sp³-hybridized carbons (Fsp3) is 0.556. The molecular formula is C18H24N4O. The van der Waals surface area contributed by atoms with Gasteiger partial charge in [0.25, 0.3) is 0 Å². The van der Waals surface area contributed by atoms with Crippen molar-refractivity contribution in [2.75, 3.05) is 20.3 Å². The molecule has 5 heteroatoms. The summed E-state index contributed by atoms with van der Waals surface area (Å²) in [6.07, 6.45) is 8.71. The summed E-state index contributed by atoms with van der Waals surface area (Å²) in [5, 5.41) is 4.86. The van der Waals surface area contributed by atoms with Crippen LogP contribution in [0.25, 0.3) is 0 Å². The van der Waals surface area contributed by atoms with Gasteiger partial charge in [0.2, 0.25) is 0 Å². The summed E-state index contributed by atoms with van der Waals surface area (Å²) in [7, 11) is 1.79. The van der Waals surface area contributed by atoms with Crippen LogP contribution in [0.5, 0.6) is 0 Å². The standard InChI is InChI=1S/C18H24N4O/c1-23-13-16-10-21(8-15-4-6-19-7-5-15)12-18-17(16)11-22(20-18)9-14-2-3-14/h4-7,11,14,16H,2-3,8-10,12-13H2,1H3/t16-/m0/s1. The second-order valence-corrected chi connectivity index (χ2v) is 6.87. The number of methoxy groups -OCH3 is 1. The molecule has 0 radical (unpaired) electrons. The van der Waals surface area contributed by atoms with Gasteiger partial charge in [-0.3, -0.25) is 14.6 Å². The predicted octanol–water partition coefficient (Wildman–Crippen LogP) is 2.43. The molecule has 3 heterocycles. The summed E-state index contributed by atoms with van der Waals surface area (Å²) in [6, 6.07) is 4.18. The Kier molecular flexibility index (Phi) is 4.14. The number of ether oxygens (including phenoxy) is 1. The predicted molar refractivity (Wildman–Crippen MR) is 87.9 cm³/mol. The van der Waals surface area contributed by atoms with Crippen LogP contribution in [0.2, 0.25) is 0 Å². The van der Waals surface area contributed by atoms with Crippen molar-refractivity contribution in [2.45, 2.75) is 38.4 Å². The van der Waals surface area contributed by atoms with Gasteiger partial charge in [-0.25, -0.2) is 0 Å². The SMILES string of the molecule is COC[C@@H]1CN(Cc2ccncc2)Cc2nn(CC3CC3)cc21. The number of hydrogen-bond acceptors (Lipinski definition) is 4. The van der Waals surface area contributed by atoms with Crippen LogP contribution in [0, 0.1) is 5.92 Å². The third-order valence-electron chi connectivity index (χ3n) is 4.83. The molecule has 0 saturated heterocycles. The van der Waals surface area contributed by atoms with Gasteiger partial charge in [0.1, 0.15) is 0 Å². The van der Waals surface area contributed by atoms with Crippen LogP contribution in [0.3, 0.4) is 0 Å². The molecule has 1 aliphatic heterocycles. The number of hydrogen-bond donors (Lipinski definition) is 0. The Hall–Kier alpha value is -1.72. The zero-order valence-corrected chi connectivity index (χ0v) is 13.7. The van der Waals surface area contributed by atoms with Gasteiger partial charge in [0.05, 0.1) is 12.3 Å². The largest absolute Gasteiger partial charge is 0.384 e. The maximum Gasteiger partial charge on any atom is 0.0801 e. The molecule has 122 valence electrons. The zero-order valence-electron chi connectivity index (χ0n) is 13.7. The van der Waals surface area contributed by atoms with E-state index in [1.165, 1.54) is 29.7 Å². The molecule has 2 aromatic rings. The van der Waals surface area contributed by atoms with Gasteiger partial charge >= 0.3 is 0 Å². The lowest BCUT2D eigenvalue weighted by Gasteiger charge is -2.31. The van der Waals surface area contributed by atoms with E-state index in [2.05, 4.69) is 32.9 Å². The minimum absolute atomic E-state index is 0.415. The van der Waals surface area contributed by atoms with Crippen molar-refractivity contribution in [3.05, 3.63) is 47.5 Å². The first kappa shape index (κ1) is 14.8. The van der Waals surface area contributed by atoms with Gasteiger partial charge in [0, 0.05) is 63.4 Å². The normalized spacial score (nSPS) is 21.3. The molecule has 2 aliphatic rings. The summed E-state index contributed by atoms with van der Waals surface area (Å²) in [5.41, 5.74) is 3.92. The van der Waals surface area contributed by atoms with Gasteiger partial charge in [-0.05, 0) is 36.5 Å². The van der Waals surface area contributed by atoms with Crippen molar-refractivity contribution in [1.82, 2.24) is 19.7 Å². The van der Waals surface area contributed by atoms with Crippen LogP contribution in [0.15, 0.2) is 30.7 Å². The number of fused-ring (bicyclic) bond motifs is 1. The quantitative estimate of drug-likeness (QED) is 0.822. The molecule has 0 unspecified atom stereocenters. The molecule has 0 amide bonds. The first-order chi connectivity index (χ1) is 11.3. The van der Waals surface area contributed by atoms with E-state index in [0.717, 1.165) is 38.7 Å². The molecule has 1 saturated carbocycles. The number of aromatic nitrogens is 3. The molecule has 4 rings (SSSR count). The highest BCUT2D eigenvalue weighted by molar-refractivity contribution is 5.26. The van der Waals surface area contributed by atoms with Crippen LogP contribution in [0.4, 0.5) is 0 Å². The first-order valence-electron chi connectivity index (χ1n) is 8.48. The zero-order chi connectivity index (χ0) is 15.6. The molecule has 23 heavy (non-hydrogen) atoms. The second kappa shape index (κ2) is 6.42. The van der Waals surface area contributed by atoms with Crippen molar-refractivity contribution in [3.63, 3.8) is 0 Å². The van der Waals surface area contributed by atoms with Gasteiger partial charge in [0.15, 0.2) is 0 Å². The van der Waals surface area contributed by atoms with Crippen LogP contribution >= 0.6 is 0 Å². The molecule has 0 aromatic carbocycles. The number of rotatable bonds is 6. The Balaban J connectivity index is 1.52. The highest BCUT2D eigenvalue weighted by Crippen LogP contribution is 2.33. The minimum Gasteiger partial charge on any atom is -0.384 e. The van der Waals surface area contributed by atoms with Gasteiger partial charge in [-0.15, -0.1) is 0 Å². The van der Waals surface area contributed by atoms with E-state index in [0.29, 0.717) is 5.92 Å². The fourth-order valence-corrected chi connectivity index (χ4v) is 3.50. The molecule has 1 aliphatic carbocycles. The van der Waals surface area contributed by atoms with Crippen molar-refractivity contribution < 1.29 is 4.74 Å². The molecule has 0 spiro atoms. The maximum absolute atomic E-state index is 5.47. The first-order valence-corrected chi connectivity index (χ1v) is 8.48. The van der Waals surface area contributed by atoms with Crippen LogP contribution in [0.1, 0.15) is 35.6 Å². The third-order valence-corrected chi connectivity index (χ3v) is 4.83. The molecule has 1 fully saturated rings. The summed E-state index contributed by atoms with van der Waals surface area (Å²) in [4.78, 5) is 6.57. The van der Waals surface area contributed by atoms with Crippen molar-refractivity contribution in [3.8, 4) is 0 Å². The van der Waals surface area contributed by atoms with E-state index in [4.69, 9.17) is 9.84 Å². The second-order valence-electron chi connectivity index (χ2n) is 6.87. The summed E-state index contributed by atoms with van der Waals surface area (Å²) in [6.45, 7) is 4.73. The molecule has 5 nitrogen and oxygen atoms in total. The summed E-state index contributed by atoms with van der Waals surface area (Å²) < 4.78 is 7.63. The molecular weight excluding hydrogens is 288 g/mol. The van der Waals surface area contributed by atoms with E-state index in [9.17, 15) is 0 Å². The lowest BCUT2D eigenvalue weighted by Crippen LogP contribution is -2.34. The lowest BCUT2D eigenvalue weighted by atomic mass is 9.95. The van der Waals surface area contributed by atoms with E-state index in [-0.39, 0.29) is 0 Å². The smallest absolute Gasteiger partial charge is 0.0801 e. The third kappa shape index (κ3) is 3.46. The van der Waals surface area contributed by atoms with Crippen LogP contribution in [-0.2, 0) is 24.4 Å². The number of nitrogens with zero attached hydrogens (tertiary/aromatic N) is 4. The van der Waals surface area contributed by atoms with E-state index < -0.39 is 0 Å². The van der Waals surface area contributed by atoms with Crippen molar-refractivity contribution in [2.24, 2.45) is 5.92 Å². The minimum atomic E-state index is 0.415. The van der Waals surface area contributed by atoms with Crippen LogP contribution in [-0.4, -0.2) is 39.9 Å². The van der Waals surface area contributed by atoms with Crippen LogP contribution < -0.4 is 0 Å². The maximum atomic E-state index is 5.47.